The van der Waals surface area contributed by atoms with Crippen molar-refractivity contribution in [1.29, 1.82) is 0 Å². The largest absolute Gasteiger partial charge is 0.466 e. The lowest BCUT2D eigenvalue weighted by molar-refractivity contribution is 0.0924. The molecule has 0 saturated heterocycles. The molecule has 0 aliphatic carbocycles. The van der Waals surface area contributed by atoms with Crippen molar-refractivity contribution >= 4 is 16.9 Å². The van der Waals surface area contributed by atoms with E-state index in [-0.39, 0.29) is 24.6 Å². The average molecular weight is 356 g/mol. The summed E-state index contributed by atoms with van der Waals surface area (Å²) in [6.45, 7) is 9.41. The Hall–Kier alpha value is -2.67. The zero-order valence-electron chi connectivity index (χ0n) is 15.7. The topological polar surface area (TPSA) is 93.2 Å². The standard InChI is InChI=1S/C19H24N4O3/c1-10(2)23-18-16(8-20-23)15(19(25)21-11(3)9-24)7-17(22-18)14-6-12(4)26-13(14)5/h6-8,10-11,24H,9H2,1-5H3,(H,21,25). The molecule has 1 atom stereocenters. The van der Waals surface area contributed by atoms with Crippen LogP contribution in [0.4, 0.5) is 0 Å². The van der Waals surface area contributed by atoms with E-state index < -0.39 is 0 Å². The highest BCUT2D eigenvalue weighted by Gasteiger charge is 2.21. The minimum Gasteiger partial charge on any atom is -0.466 e. The number of rotatable bonds is 5. The second-order valence-electron chi connectivity index (χ2n) is 6.86. The van der Waals surface area contributed by atoms with Crippen LogP contribution < -0.4 is 5.32 Å². The van der Waals surface area contributed by atoms with Crippen molar-refractivity contribution < 1.29 is 14.3 Å². The molecule has 26 heavy (non-hydrogen) atoms. The van der Waals surface area contributed by atoms with Crippen LogP contribution in [-0.2, 0) is 0 Å². The molecule has 3 heterocycles. The molecule has 0 bridgehead atoms. The lowest BCUT2D eigenvalue weighted by Crippen LogP contribution is -2.35. The smallest absolute Gasteiger partial charge is 0.252 e. The van der Waals surface area contributed by atoms with E-state index in [1.54, 1.807) is 23.9 Å². The van der Waals surface area contributed by atoms with Gasteiger partial charge in [-0.3, -0.25) is 4.79 Å². The Kier molecular flexibility index (Phi) is 4.82. The van der Waals surface area contributed by atoms with Gasteiger partial charge in [-0.25, -0.2) is 9.67 Å². The molecule has 7 nitrogen and oxygen atoms in total. The van der Waals surface area contributed by atoms with Crippen LogP contribution in [0.1, 0.15) is 48.7 Å². The normalized spacial score (nSPS) is 12.7. The molecule has 138 valence electrons. The fraction of sp³-hybridized carbons (Fsp3) is 0.421. The molecule has 7 heteroatoms. The van der Waals surface area contributed by atoms with E-state index in [1.165, 1.54) is 0 Å². The van der Waals surface area contributed by atoms with Gasteiger partial charge in [0, 0.05) is 17.6 Å². The van der Waals surface area contributed by atoms with Gasteiger partial charge in [-0.05, 0) is 46.8 Å². The van der Waals surface area contributed by atoms with E-state index in [0.717, 1.165) is 17.1 Å². The van der Waals surface area contributed by atoms with E-state index >= 15 is 0 Å². The van der Waals surface area contributed by atoms with Crippen LogP contribution >= 0.6 is 0 Å². The van der Waals surface area contributed by atoms with Crippen molar-refractivity contribution in [2.24, 2.45) is 0 Å². The summed E-state index contributed by atoms with van der Waals surface area (Å²) in [5.74, 6) is 1.28. The monoisotopic (exact) mass is 356 g/mol. The Morgan fingerprint density at radius 2 is 2.04 bits per heavy atom. The minimum absolute atomic E-state index is 0.106. The predicted molar refractivity (Wildman–Crippen MR) is 99.1 cm³/mol. The number of aliphatic hydroxyl groups is 1. The van der Waals surface area contributed by atoms with Gasteiger partial charge in [-0.2, -0.15) is 5.10 Å². The molecule has 0 aliphatic heterocycles. The third kappa shape index (κ3) is 3.22. The molecule has 1 unspecified atom stereocenters. The summed E-state index contributed by atoms with van der Waals surface area (Å²) in [4.78, 5) is 17.5. The minimum atomic E-state index is -0.341. The maximum absolute atomic E-state index is 12.8. The fourth-order valence-electron chi connectivity index (χ4n) is 2.95. The van der Waals surface area contributed by atoms with Gasteiger partial charge in [-0.1, -0.05) is 0 Å². The summed E-state index contributed by atoms with van der Waals surface area (Å²) in [6.07, 6.45) is 1.66. The summed E-state index contributed by atoms with van der Waals surface area (Å²) in [7, 11) is 0. The number of aromatic nitrogens is 3. The average Bonchev–Trinajstić information content (AvgIpc) is 3.16. The van der Waals surface area contributed by atoms with Crippen LogP contribution in [-0.4, -0.2) is 38.4 Å². The first kappa shape index (κ1) is 18.1. The van der Waals surface area contributed by atoms with Crippen molar-refractivity contribution in [2.75, 3.05) is 6.61 Å². The van der Waals surface area contributed by atoms with E-state index in [0.29, 0.717) is 22.3 Å². The van der Waals surface area contributed by atoms with Gasteiger partial charge in [0.2, 0.25) is 0 Å². The van der Waals surface area contributed by atoms with Gasteiger partial charge in [0.15, 0.2) is 5.65 Å². The lowest BCUT2D eigenvalue weighted by Gasteiger charge is -2.13. The van der Waals surface area contributed by atoms with Crippen LogP contribution in [0.15, 0.2) is 22.7 Å². The number of amides is 1. The van der Waals surface area contributed by atoms with Crippen molar-refractivity contribution in [3.63, 3.8) is 0 Å². The van der Waals surface area contributed by atoms with Gasteiger partial charge >= 0.3 is 0 Å². The van der Waals surface area contributed by atoms with E-state index in [9.17, 15) is 9.90 Å². The molecule has 2 N–H and O–H groups in total. The quantitative estimate of drug-likeness (QED) is 0.733. The zero-order chi connectivity index (χ0) is 19.0. The van der Waals surface area contributed by atoms with Crippen LogP contribution in [0, 0.1) is 13.8 Å². The number of aryl methyl sites for hydroxylation is 2. The molecule has 0 aromatic carbocycles. The zero-order valence-corrected chi connectivity index (χ0v) is 15.7. The Bertz CT molecular complexity index is 955. The van der Waals surface area contributed by atoms with Gasteiger partial charge in [0.05, 0.1) is 29.4 Å². The molecule has 0 aliphatic rings. The first-order valence-electron chi connectivity index (χ1n) is 8.69. The van der Waals surface area contributed by atoms with Gasteiger partial charge in [0.1, 0.15) is 11.5 Å². The van der Waals surface area contributed by atoms with Crippen LogP contribution in [0.5, 0.6) is 0 Å². The van der Waals surface area contributed by atoms with E-state index in [4.69, 9.17) is 9.40 Å². The Morgan fingerprint density at radius 3 is 2.62 bits per heavy atom. The molecule has 1 amide bonds. The third-order valence-corrected chi connectivity index (χ3v) is 4.27. The number of hydrogen-bond acceptors (Lipinski definition) is 5. The molecule has 3 aromatic rings. The highest BCUT2D eigenvalue weighted by Crippen LogP contribution is 2.30. The molecule has 0 spiro atoms. The summed E-state index contributed by atoms with van der Waals surface area (Å²) in [6, 6.07) is 3.44. The van der Waals surface area contributed by atoms with E-state index in [2.05, 4.69) is 10.4 Å². The van der Waals surface area contributed by atoms with Crippen LogP contribution in [0.2, 0.25) is 0 Å². The highest BCUT2D eigenvalue weighted by molar-refractivity contribution is 6.06. The number of nitrogens with zero attached hydrogens (tertiary/aromatic N) is 3. The number of fused-ring (bicyclic) bond motifs is 1. The third-order valence-electron chi connectivity index (χ3n) is 4.27. The number of carbonyl (C=O) groups is 1. The van der Waals surface area contributed by atoms with Gasteiger partial charge in [0.25, 0.3) is 5.91 Å². The first-order chi connectivity index (χ1) is 12.3. The highest BCUT2D eigenvalue weighted by atomic mass is 16.3. The van der Waals surface area contributed by atoms with Crippen molar-refractivity contribution in [1.82, 2.24) is 20.1 Å². The predicted octanol–water partition coefficient (Wildman–Crippen LogP) is 3.00. The second kappa shape index (κ2) is 6.92. The summed E-state index contributed by atoms with van der Waals surface area (Å²) < 4.78 is 7.43. The number of carbonyl (C=O) groups excluding carboxylic acids is 1. The molecular formula is C19H24N4O3. The molecule has 0 saturated carbocycles. The number of nitrogens with one attached hydrogen (secondary N) is 1. The molecule has 0 fully saturated rings. The Balaban J connectivity index is 2.22. The van der Waals surface area contributed by atoms with Gasteiger partial charge < -0.3 is 14.8 Å². The van der Waals surface area contributed by atoms with E-state index in [1.807, 2.05) is 33.8 Å². The lowest BCUT2D eigenvalue weighted by atomic mass is 10.1. The summed E-state index contributed by atoms with van der Waals surface area (Å²) >= 11 is 0. The first-order valence-corrected chi connectivity index (χ1v) is 8.69. The van der Waals surface area contributed by atoms with Crippen molar-refractivity contribution in [3.05, 3.63) is 35.4 Å². The number of hydrogen-bond donors (Lipinski definition) is 2. The summed E-state index contributed by atoms with van der Waals surface area (Å²) in [5.41, 5.74) is 2.65. The second-order valence-corrected chi connectivity index (χ2v) is 6.86. The Morgan fingerprint density at radius 1 is 1.31 bits per heavy atom. The Labute approximate surface area is 152 Å². The molecule has 3 aromatic heterocycles. The fourth-order valence-corrected chi connectivity index (χ4v) is 2.95. The molecule has 0 radical (unpaired) electrons. The van der Waals surface area contributed by atoms with Crippen LogP contribution in [0.25, 0.3) is 22.3 Å². The summed E-state index contributed by atoms with van der Waals surface area (Å²) in [5, 5.41) is 17.1. The molecular weight excluding hydrogens is 332 g/mol. The maximum atomic E-state index is 12.8. The maximum Gasteiger partial charge on any atom is 0.252 e. The van der Waals surface area contributed by atoms with Crippen molar-refractivity contribution in [2.45, 2.75) is 46.7 Å². The van der Waals surface area contributed by atoms with Gasteiger partial charge in [-0.15, -0.1) is 0 Å². The van der Waals surface area contributed by atoms with Crippen molar-refractivity contribution in [3.8, 4) is 11.3 Å². The SMILES string of the molecule is Cc1cc(-c2cc(C(=O)NC(C)CO)c3cnn(C(C)C)c3n2)c(C)o1. The molecule has 3 rings (SSSR count). The number of aliphatic hydroxyl groups excluding tert-OH is 1. The van der Waals surface area contributed by atoms with Crippen LogP contribution in [0.3, 0.4) is 0 Å². The number of pyridine rings is 1. The number of furan rings is 1.